The molecule has 0 atom stereocenters. The molecular weight excluding hydrogens is 242 g/mol. The Morgan fingerprint density at radius 3 is 2.79 bits per heavy atom. The van der Waals surface area contributed by atoms with Gasteiger partial charge in [0.2, 0.25) is 5.88 Å². The molecule has 0 bridgehead atoms. The minimum Gasteiger partial charge on any atom is -0.477 e. The van der Waals surface area contributed by atoms with Gasteiger partial charge in [0.05, 0.1) is 6.61 Å². The van der Waals surface area contributed by atoms with Crippen LogP contribution in [0.3, 0.4) is 0 Å². The number of hydrogen-bond donors (Lipinski definition) is 1. The van der Waals surface area contributed by atoms with Crippen molar-refractivity contribution in [2.45, 2.75) is 13.5 Å². The van der Waals surface area contributed by atoms with E-state index in [1.54, 1.807) is 30.7 Å². The summed E-state index contributed by atoms with van der Waals surface area (Å²) in [4.78, 5) is 20.0. The Morgan fingerprint density at radius 1 is 1.26 bits per heavy atom. The van der Waals surface area contributed by atoms with Crippen LogP contribution in [-0.2, 0) is 6.54 Å². The van der Waals surface area contributed by atoms with Crippen LogP contribution in [0.4, 0.5) is 0 Å². The molecule has 0 radical (unpaired) electrons. The lowest BCUT2D eigenvalue weighted by Crippen LogP contribution is -2.23. The molecule has 0 aliphatic carbocycles. The minimum atomic E-state index is -0.201. The van der Waals surface area contributed by atoms with E-state index in [1.807, 2.05) is 19.1 Å². The number of hydrogen-bond acceptors (Lipinski definition) is 4. The van der Waals surface area contributed by atoms with Crippen molar-refractivity contribution in [1.82, 2.24) is 15.3 Å². The van der Waals surface area contributed by atoms with Crippen LogP contribution in [0, 0.1) is 0 Å². The number of carbonyl (C=O) groups is 1. The van der Waals surface area contributed by atoms with Crippen molar-refractivity contribution >= 4 is 5.91 Å². The van der Waals surface area contributed by atoms with Crippen molar-refractivity contribution in [2.75, 3.05) is 6.61 Å². The van der Waals surface area contributed by atoms with Crippen molar-refractivity contribution in [1.29, 1.82) is 0 Å². The monoisotopic (exact) mass is 257 g/mol. The van der Waals surface area contributed by atoms with Crippen LogP contribution in [0.2, 0.25) is 0 Å². The second kappa shape index (κ2) is 6.49. The Balaban J connectivity index is 2.04. The lowest BCUT2D eigenvalue weighted by atomic mass is 10.2. The van der Waals surface area contributed by atoms with Crippen LogP contribution in [-0.4, -0.2) is 22.5 Å². The van der Waals surface area contributed by atoms with E-state index < -0.39 is 0 Å². The summed E-state index contributed by atoms with van der Waals surface area (Å²) >= 11 is 0. The van der Waals surface area contributed by atoms with E-state index in [4.69, 9.17) is 4.74 Å². The molecule has 0 saturated heterocycles. The summed E-state index contributed by atoms with van der Waals surface area (Å²) in [5.74, 6) is 0.158. The summed E-state index contributed by atoms with van der Waals surface area (Å²) in [6.07, 6.45) is 4.99. The molecule has 2 heterocycles. The van der Waals surface area contributed by atoms with Crippen molar-refractivity contribution in [3.8, 4) is 5.88 Å². The van der Waals surface area contributed by atoms with E-state index in [-0.39, 0.29) is 5.91 Å². The van der Waals surface area contributed by atoms with Crippen molar-refractivity contribution < 1.29 is 9.53 Å². The van der Waals surface area contributed by atoms with Crippen molar-refractivity contribution in [3.05, 3.63) is 54.0 Å². The highest BCUT2D eigenvalue weighted by Gasteiger charge is 2.12. The molecule has 98 valence electrons. The molecule has 0 aliphatic heterocycles. The largest absolute Gasteiger partial charge is 0.477 e. The molecule has 5 heteroatoms. The number of rotatable bonds is 5. The predicted molar refractivity (Wildman–Crippen MR) is 70.8 cm³/mol. The van der Waals surface area contributed by atoms with Gasteiger partial charge in [-0.1, -0.05) is 0 Å². The molecule has 2 rings (SSSR count). The van der Waals surface area contributed by atoms with Gasteiger partial charge >= 0.3 is 0 Å². The highest BCUT2D eigenvalue weighted by atomic mass is 16.5. The van der Waals surface area contributed by atoms with Gasteiger partial charge in [-0.15, -0.1) is 0 Å². The van der Waals surface area contributed by atoms with E-state index in [0.717, 1.165) is 5.56 Å². The van der Waals surface area contributed by atoms with Gasteiger partial charge in [0.25, 0.3) is 5.91 Å². The van der Waals surface area contributed by atoms with E-state index in [2.05, 4.69) is 15.3 Å². The van der Waals surface area contributed by atoms with Crippen LogP contribution >= 0.6 is 0 Å². The van der Waals surface area contributed by atoms with Crippen molar-refractivity contribution in [2.24, 2.45) is 0 Å². The Morgan fingerprint density at radius 2 is 2.05 bits per heavy atom. The molecule has 0 unspecified atom stereocenters. The van der Waals surface area contributed by atoms with Gasteiger partial charge in [-0.05, 0) is 36.8 Å². The van der Waals surface area contributed by atoms with Crippen molar-refractivity contribution in [3.63, 3.8) is 0 Å². The number of aromatic nitrogens is 2. The molecule has 5 nitrogen and oxygen atoms in total. The molecule has 2 aromatic heterocycles. The van der Waals surface area contributed by atoms with Crippen LogP contribution in [0.5, 0.6) is 5.88 Å². The number of pyridine rings is 2. The maximum Gasteiger partial charge on any atom is 0.257 e. The average Bonchev–Trinajstić information content (AvgIpc) is 2.47. The minimum absolute atomic E-state index is 0.201. The molecule has 1 amide bonds. The first-order valence-electron chi connectivity index (χ1n) is 6.06. The Kier molecular flexibility index (Phi) is 4.44. The Bertz CT molecular complexity index is 543. The fourth-order valence-electron chi connectivity index (χ4n) is 1.59. The highest BCUT2D eigenvalue weighted by Crippen LogP contribution is 2.14. The summed E-state index contributed by atoms with van der Waals surface area (Å²) in [7, 11) is 0. The zero-order valence-corrected chi connectivity index (χ0v) is 10.7. The third kappa shape index (κ3) is 3.51. The van der Waals surface area contributed by atoms with E-state index in [9.17, 15) is 4.79 Å². The molecule has 19 heavy (non-hydrogen) atoms. The molecule has 2 aromatic rings. The van der Waals surface area contributed by atoms with Gasteiger partial charge in [0, 0.05) is 25.1 Å². The van der Waals surface area contributed by atoms with Crippen LogP contribution < -0.4 is 10.1 Å². The van der Waals surface area contributed by atoms with Gasteiger partial charge in [-0.3, -0.25) is 9.78 Å². The molecule has 0 fully saturated rings. The smallest absolute Gasteiger partial charge is 0.257 e. The summed E-state index contributed by atoms with van der Waals surface area (Å²) in [5, 5.41) is 2.83. The molecule has 0 saturated carbocycles. The summed E-state index contributed by atoms with van der Waals surface area (Å²) in [5.41, 5.74) is 1.43. The highest BCUT2D eigenvalue weighted by molar-refractivity contribution is 5.96. The fraction of sp³-hybridized carbons (Fsp3) is 0.214. The Labute approximate surface area is 111 Å². The SMILES string of the molecule is CCOc1ncccc1C(=O)NCc1ccncc1. The first kappa shape index (κ1) is 13.0. The topological polar surface area (TPSA) is 64.1 Å². The molecule has 1 N–H and O–H groups in total. The van der Waals surface area contributed by atoms with Crippen LogP contribution in [0.15, 0.2) is 42.9 Å². The summed E-state index contributed by atoms with van der Waals surface area (Å²) in [6, 6.07) is 7.11. The van der Waals surface area contributed by atoms with Crippen LogP contribution in [0.25, 0.3) is 0 Å². The maximum absolute atomic E-state index is 12.1. The zero-order valence-electron chi connectivity index (χ0n) is 10.7. The van der Waals surface area contributed by atoms with E-state index in [0.29, 0.717) is 24.6 Å². The lowest BCUT2D eigenvalue weighted by molar-refractivity contribution is 0.0946. The average molecular weight is 257 g/mol. The zero-order chi connectivity index (χ0) is 13.5. The second-order valence-electron chi connectivity index (χ2n) is 3.83. The standard InChI is InChI=1S/C14H15N3O2/c1-2-19-14-12(4-3-7-16-14)13(18)17-10-11-5-8-15-9-6-11/h3-9H,2,10H2,1H3,(H,17,18). The molecule has 0 aromatic carbocycles. The number of carbonyl (C=O) groups excluding carboxylic acids is 1. The summed E-state index contributed by atoms with van der Waals surface area (Å²) in [6.45, 7) is 2.77. The van der Waals surface area contributed by atoms with Gasteiger partial charge in [0.1, 0.15) is 5.56 Å². The van der Waals surface area contributed by atoms with Crippen LogP contribution in [0.1, 0.15) is 22.8 Å². The third-order valence-corrected chi connectivity index (χ3v) is 2.50. The normalized spacial score (nSPS) is 9.95. The number of amides is 1. The predicted octanol–water partition coefficient (Wildman–Crippen LogP) is 1.81. The second-order valence-corrected chi connectivity index (χ2v) is 3.83. The lowest BCUT2D eigenvalue weighted by Gasteiger charge is -2.09. The van der Waals surface area contributed by atoms with Gasteiger partial charge in [-0.25, -0.2) is 4.98 Å². The maximum atomic E-state index is 12.1. The molecule has 0 aliphatic rings. The quantitative estimate of drug-likeness (QED) is 0.887. The van der Waals surface area contributed by atoms with E-state index in [1.165, 1.54) is 0 Å². The Hall–Kier alpha value is -2.43. The molecule has 0 spiro atoms. The molecular formula is C14H15N3O2. The number of ether oxygens (including phenoxy) is 1. The number of nitrogens with zero attached hydrogens (tertiary/aromatic N) is 2. The van der Waals surface area contributed by atoms with Gasteiger partial charge in [-0.2, -0.15) is 0 Å². The van der Waals surface area contributed by atoms with E-state index >= 15 is 0 Å². The van der Waals surface area contributed by atoms with Gasteiger partial charge in [0.15, 0.2) is 0 Å². The number of nitrogens with one attached hydrogen (secondary N) is 1. The first-order chi connectivity index (χ1) is 9.31. The fourth-order valence-corrected chi connectivity index (χ4v) is 1.59. The third-order valence-electron chi connectivity index (χ3n) is 2.50. The van der Waals surface area contributed by atoms with Gasteiger partial charge < -0.3 is 10.1 Å². The summed E-state index contributed by atoms with van der Waals surface area (Å²) < 4.78 is 5.33. The first-order valence-corrected chi connectivity index (χ1v) is 6.06.